The van der Waals surface area contributed by atoms with Crippen molar-refractivity contribution in [2.45, 2.75) is 340 Å². The van der Waals surface area contributed by atoms with Crippen LogP contribution in [0.2, 0.25) is 0 Å². The summed E-state index contributed by atoms with van der Waals surface area (Å²) in [4.78, 5) is 51.2. The minimum Gasteiger partial charge on any atom is -0.479 e. The second kappa shape index (κ2) is 53.6. The number of hydrogen-bond acceptors (Lipinski definition) is 11. The number of carboxylic acid groups (broad SMARTS) is 1. The Morgan fingerprint density at radius 1 is 0.429 bits per heavy atom. The van der Waals surface area contributed by atoms with E-state index >= 15 is 0 Å². The first-order chi connectivity index (χ1) is 37.6. The van der Waals surface area contributed by atoms with Crippen LogP contribution in [0.1, 0.15) is 303 Å². The van der Waals surface area contributed by atoms with Crippen molar-refractivity contribution >= 4 is 23.9 Å². The van der Waals surface area contributed by atoms with Crippen molar-refractivity contribution in [3.8, 4) is 0 Å². The molecule has 1 rings (SSSR count). The van der Waals surface area contributed by atoms with E-state index in [-0.39, 0.29) is 25.9 Å². The van der Waals surface area contributed by atoms with E-state index in [9.17, 15) is 34.5 Å². The van der Waals surface area contributed by atoms with E-state index < -0.39 is 67.3 Å². The summed E-state index contributed by atoms with van der Waals surface area (Å²) >= 11 is 0. The monoisotopic (exact) mass is 1090 g/mol. The molecule has 6 unspecified atom stereocenters. The van der Waals surface area contributed by atoms with Gasteiger partial charge in [-0.15, -0.1) is 0 Å². The van der Waals surface area contributed by atoms with E-state index in [0.29, 0.717) is 19.3 Å². The van der Waals surface area contributed by atoms with Crippen molar-refractivity contribution in [1.29, 1.82) is 0 Å². The maximum atomic E-state index is 13.2. The molecular formula is C65H116O12. The van der Waals surface area contributed by atoms with Crippen LogP contribution in [0.15, 0.2) is 36.5 Å². The van der Waals surface area contributed by atoms with Crippen LogP contribution in [0, 0.1) is 0 Å². The molecule has 0 saturated carbocycles. The lowest BCUT2D eigenvalue weighted by atomic mass is 9.98. The van der Waals surface area contributed by atoms with Crippen LogP contribution in [-0.4, -0.2) is 89.2 Å². The van der Waals surface area contributed by atoms with Crippen LogP contribution < -0.4 is 0 Å². The highest BCUT2D eigenvalue weighted by molar-refractivity contribution is 5.74. The highest BCUT2D eigenvalue weighted by Crippen LogP contribution is 2.27. The molecule has 1 fully saturated rings. The fourth-order valence-corrected chi connectivity index (χ4v) is 9.75. The van der Waals surface area contributed by atoms with Gasteiger partial charge in [0.15, 0.2) is 24.6 Å². The Morgan fingerprint density at radius 2 is 0.779 bits per heavy atom. The van der Waals surface area contributed by atoms with Gasteiger partial charge in [-0.25, -0.2) is 4.79 Å². The Bertz CT molecular complexity index is 1480. The Balaban J connectivity index is 2.65. The molecule has 448 valence electrons. The minimum atomic E-state index is -1.90. The van der Waals surface area contributed by atoms with Gasteiger partial charge in [0, 0.05) is 19.3 Å². The average Bonchev–Trinajstić information content (AvgIpc) is 3.42. The van der Waals surface area contributed by atoms with Crippen LogP contribution in [0.25, 0.3) is 0 Å². The van der Waals surface area contributed by atoms with Crippen LogP contribution in [0.3, 0.4) is 0 Å². The van der Waals surface area contributed by atoms with E-state index in [1.807, 2.05) is 0 Å². The Labute approximate surface area is 470 Å². The van der Waals surface area contributed by atoms with Crippen LogP contribution >= 0.6 is 0 Å². The fourth-order valence-electron chi connectivity index (χ4n) is 9.75. The number of carboxylic acids is 1. The second-order valence-corrected chi connectivity index (χ2v) is 22.0. The normalized spacial score (nSPS) is 18.2. The fraction of sp³-hybridized carbons (Fsp3) is 0.846. The zero-order chi connectivity index (χ0) is 56.1. The Kier molecular flexibility index (Phi) is 50.1. The Hall–Kier alpha value is -3.06. The maximum Gasteiger partial charge on any atom is 0.335 e. The number of allylic oxidation sites excluding steroid dienone is 6. The number of aliphatic hydroxyl groups is 2. The molecule has 77 heavy (non-hydrogen) atoms. The van der Waals surface area contributed by atoms with Gasteiger partial charge in [-0.1, -0.05) is 243 Å². The zero-order valence-corrected chi connectivity index (χ0v) is 49.5. The lowest BCUT2D eigenvalue weighted by Gasteiger charge is -2.40. The summed E-state index contributed by atoms with van der Waals surface area (Å²) < 4.78 is 28.5. The quantitative estimate of drug-likeness (QED) is 0.0228. The third-order valence-corrected chi connectivity index (χ3v) is 14.7. The largest absolute Gasteiger partial charge is 0.479 e. The molecule has 0 aliphatic carbocycles. The molecule has 0 bridgehead atoms. The van der Waals surface area contributed by atoms with Crippen molar-refractivity contribution in [2.24, 2.45) is 0 Å². The van der Waals surface area contributed by atoms with E-state index in [2.05, 4.69) is 57.2 Å². The van der Waals surface area contributed by atoms with Gasteiger partial charge in [0.05, 0.1) is 6.61 Å². The van der Waals surface area contributed by atoms with Gasteiger partial charge in [-0.2, -0.15) is 0 Å². The first kappa shape index (κ1) is 72.0. The summed E-state index contributed by atoms with van der Waals surface area (Å²) in [5.41, 5.74) is 0. The van der Waals surface area contributed by atoms with Gasteiger partial charge in [0.2, 0.25) is 0 Å². The predicted octanol–water partition coefficient (Wildman–Crippen LogP) is 16.8. The third-order valence-electron chi connectivity index (χ3n) is 14.7. The summed E-state index contributed by atoms with van der Waals surface area (Å²) in [7, 11) is 0. The molecule has 0 amide bonds. The van der Waals surface area contributed by atoms with Crippen molar-refractivity contribution < 1.29 is 58.2 Å². The summed E-state index contributed by atoms with van der Waals surface area (Å²) in [6, 6.07) is 0. The molecule has 12 nitrogen and oxygen atoms in total. The molecule has 1 heterocycles. The van der Waals surface area contributed by atoms with Gasteiger partial charge < -0.3 is 39.0 Å². The number of carbonyl (C=O) groups is 4. The van der Waals surface area contributed by atoms with Crippen LogP contribution in [0.5, 0.6) is 0 Å². The lowest BCUT2D eigenvalue weighted by molar-refractivity contribution is -0.301. The summed E-state index contributed by atoms with van der Waals surface area (Å²) in [5, 5.41) is 31.5. The van der Waals surface area contributed by atoms with Crippen molar-refractivity contribution in [1.82, 2.24) is 0 Å². The van der Waals surface area contributed by atoms with Gasteiger partial charge in [-0.3, -0.25) is 14.4 Å². The van der Waals surface area contributed by atoms with Gasteiger partial charge in [0.25, 0.3) is 0 Å². The van der Waals surface area contributed by atoms with E-state index in [0.717, 1.165) is 96.3 Å². The molecule has 0 aromatic rings. The predicted molar refractivity (Wildman–Crippen MR) is 313 cm³/mol. The smallest absolute Gasteiger partial charge is 0.335 e. The molecule has 6 atom stereocenters. The number of ether oxygens (including phenoxy) is 5. The molecule has 1 aliphatic rings. The first-order valence-corrected chi connectivity index (χ1v) is 32.0. The number of rotatable bonds is 55. The molecule has 0 radical (unpaired) electrons. The number of aliphatic hydroxyl groups excluding tert-OH is 2. The Morgan fingerprint density at radius 3 is 1.21 bits per heavy atom. The molecule has 0 aromatic carbocycles. The van der Waals surface area contributed by atoms with E-state index in [4.69, 9.17) is 23.7 Å². The van der Waals surface area contributed by atoms with Gasteiger partial charge in [0.1, 0.15) is 18.8 Å². The molecule has 12 heteroatoms. The third kappa shape index (κ3) is 43.4. The average molecular weight is 1090 g/mol. The van der Waals surface area contributed by atoms with Crippen LogP contribution in [-0.2, 0) is 42.9 Å². The van der Waals surface area contributed by atoms with Gasteiger partial charge in [-0.05, 0) is 77.0 Å². The van der Waals surface area contributed by atoms with Crippen molar-refractivity contribution in [3.63, 3.8) is 0 Å². The number of aliphatic carboxylic acids is 1. The topological polar surface area (TPSA) is 175 Å². The molecule has 3 N–H and O–H groups in total. The van der Waals surface area contributed by atoms with Gasteiger partial charge >= 0.3 is 23.9 Å². The molecule has 0 aromatic heterocycles. The number of carbonyl (C=O) groups excluding carboxylic acids is 3. The van der Waals surface area contributed by atoms with Crippen LogP contribution in [0.4, 0.5) is 0 Å². The minimum absolute atomic E-state index is 0.0644. The summed E-state index contributed by atoms with van der Waals surface area (Å²) in [5.74, 6) is -3.11. The number of hydrogen-bond donors (Lipinski definition) is 3. The highest BCUT2D eigenvalue weighted by Gasteiger charge is 2.50. The molecule has 1 saturated heterocycles. The lowest BCUT2D eigenvalue weighted by Crippen LogP contribution is -2.61. The number of esters is 3. The summed E-state index contributed by atoms with van der Waals surface area (Å²) in [6.45, 7) is 5.99. The molecular weight excluding hydrogens is 973 g/mol. The highest BCUT2D eigenvalue weighted by atomic mass is 16.7. The SMILES string of the molecule is CCCCC/C=C\C/C=C\CCCCCCCCCCCC(=O)OCC(COC1OC(C(=O)O)C(O)C(O)C1OC(=O)CCCCCCCCCCCCCCC)OC(=O)CCCCCCC/C=C\CCCCCCCC. The van der Waals surface area contributed by atoms with Crippen molar-refractivity contribution in [2.75, 3.05) is 13.2 Å². The zero-order valence-electron chi connectivity index (χ0n) is 49.5. The standard InChI is InChI=1S/C65H116O12/c1-4-7-10-13-16-19-22-25-27-28-29-30-32-34-36-39-42-45-48-51-57(66)73-54-56(75-58(67)52-49-46-43-40-38-35-31-26-23-20-17-14-11-8-5-2)55-74-65-63(61(70)60(69)62(77-65)64(71)72)76-59(68)53-50-47-44-41-37-33-24-21-18-15-12-9-6-3/h16,19,25-27,31,56,60-63,65,69-70H,4-15,17-18,20-24,28-30,32-55H2,1-3H3,(H,71,72)/b19-16-,27-25-,31-26-. The number of unbranched alkanes of at least 4 members (excludes halogenated alkanes) is 35. The summed E-state index contributed by atoms with van der Waals surface area (Å²) in [6.07, 6.45) is 51.0. The van der Waals surface area contributed by atoms with E-state index in [1.165, 1.54) is 148 Å². The maximum absolute atomic E-state index is 13.2. The molecule has 1 aliphatic heterocycles. The van der Waals surface area contributed by atoms with Crippen molar-refractivity contribution in [3.05, 3.63) is 36.5 Å². The molecule has 0 spiro atoms. The first-order valence-electron chi connectivity index (χ1n) is 32.0. The van der Waals surface area contributed by atoms with E-state index in [1.54, 1.807) is 0 Å². The second-order valence-electron chi connectivity index (χ2n) is 22.0.